The van der Waals surface area contributed by atoms with Crippen molar-refractivity contribution in [3.63, 3.8) is 0 Å². The van der Waals surface area contributed by atoms with Crippen LogP contribution in [0, 0.1) is 17.0 Å². The molecule has 0 radical (unpaired) electrons. The topological polar surface area (TPSA) is 72.6 Å². The summed E-state index contributed by atoms with van der Waals surface area (Å²) in [6.07, 6.45) is 1.25. The molecule has 0 spiro atoms. The van der Waals surface area contributed by atoms with E-state index in [2.05, 4.69) is 4.99 Å². The number of rotatable bonds is 2. The normalized spacial score (nSPS) is 9.29. The Hall–Kier alpha value is -1.71. The van der Waals surface area contributed by atoms with Crippen LogP contribution in [-0.2, 0) is 4.79 Å². The third kappa shape index (κ3) is 1.79. The molecule has 0 aliphatic carbocycles. The summed E-state index contributed by atoms with van der Waals surface area (Å²) < 4.78 is 0. The first-order chi connectivity index (χ1) is 6.57. The molecule has 0 unspecified atom stereocenters. The van der Waals surface area contributed by atoms with Crippen LogP contribution >= 0.6 is 11.6 Å². The van der Waals surface area contributed by atoms with Gasteiger partial charge in [0.1, 0.15) is 0 Å². The maximum atomic E-state index is 10.6. The molecule has 0 fully saturated rings. The van der Waals surface area contributed by atoms with Crippen molar-refractivity contribution in [3.05, 3.63) is 32.8 Å². The predicted octanol–water partition coefficient (Wildman–Crippen LogP) is 2.52. The van der Waals surface area contributed by atoms with Gasteiger partial charge in [0, 0.05) is 5.56 Å². The molecule has 0 saturated heterocycles. The SMILES string of the molecule is Cc1c(Cl)ccc(N=C=O)c1[N+](=O)[O-]. The molecule has 0 N–H and O–H groups in total. The molecule has 0 aliphatic rings. The first-order valence-corrected chi connectivity index (χ1v) is 3.97. The summed E-state index contributed by atoms with van der Waals surface area (Å²) in [6, 6.07) is 2.75. The number of carbonyl (C=O) groups excluding carboxylic acids is 1. The maximum Gasteiger partial charge on any atom is 0.300 e. The second kappa shape index (κ2) is 4.00. The summed E-state index contributed by atoms with van der Waals surface area (Å²) in [5.74, 6) is 0. The van der Waals surface area contributed by atoms with Gasteiger partial charge in [0.05, 0.1) is 9.95 Å². The summed E-state index contributed by atoms with van der Waals surface area (Å²) >= 11 is 5.69. The minimum absolute atomic E-state index is 0.0353. The number of aliphatic imine (C=N–C) groups is 1. The van der Waals surface area contributed by atoms with E-state index in [1.807, 2.05) is 0 Å². The van der Waals surface area contributed by atoms with Crippen LogP contribution in [0.5, 0.6) is 0 Å². The van der Waals surface area contributed by atoms with Gasteiger partial charge in [-0.3, -0.25) is 10.1 Å². The van der Waals surface area contributed by atoms with E-state index in [1.54, 1.807) is 0 Å². The fraction of sp³-hybridized carbons (Fsp3) is 0.125. The Morgan fingerprint density at radius 2 is 2.21 bits per heavy atom. The van der Waals surface area contributed by atoms with Crippen LogP contribution in [0.2, 0.25) is 5.02 Å². The van der Waals surface area contributed by atoms with Crippen LogP contribution in [-0.4, -0.2) is 11.0 Å². The lowest BCUT2D eigenvalue weighted by Gasteiger charge is -2.00. The zero-order valence-corrected chi connectivity index (χ0v) is 7.91. The summed E-state index contributed by atoms with van der Waals surface area (Å²) in [6.45, 7) is 1.49. The molecule has 0 bridgehead atoms. The number of hydrogen-bond acceptors (Lipinski definition) is 4. The second-order valence-corrected chi connectivity index (χ2v) is 2.91. The number of isocyanates is 1. The zero-order valence-electron chi connectivity index (χ0n) is 7.15. The van der Waals surface area contributed by atoms with Gasteiger partial charge >= 0.3 is 0 Å². The molecule has 1 aromatic rings. The largest absolute Gasteiger partial charge is 0.300 e. The van der Waals surface area contributed by atoms with Crippen LogP contribution in [0.4, 0.5) is 11.4 Å². The van der Waals surface area contributed by atoms with Crippen molar-refractivity contribution < 1.29 is 9.72 Å². The highest BCUT2D eigenvalue weighted by Crippen LogP contribution is 2.34. The first kappa shape index (κ1) is 10.4. The van der Waals surface area contributed by atoms with Gasteiger partial charge in [-0.2, -0.15) is 4.99 Å². The van der Waals surface area contributed by atoms with E-state index >= 15 is 0 Å². The van der Waals surface area contributed by atoms with E-state index in [0.717, 1.165) is 0 Å². The molecular formula is C8H5ClN2O3. The van der Waals surface area contributed by atoms with Crippen LogP contribution in [0.1, 0.15) is 5.56 Å². The molecular weight excluding hydrogens is 208 g/mol. The molecule has 0 amide bonds. The van der Waals surface area contributed by atoms with Gasteiger partial charge in [-0.1, -0.05) is 11.6 Å². The number of nitro benzene ring substituents is 1. The number of hydrogen-bond donors (Lipinski definition) is 0. The third-order valence-electron chi connectivity index (χ3n) is 1.69. The minimum atomic E-state index is -0.628. The van der Waals surface area contributed by atoms with Gasteiger partial charge in [-0.05, 0) is 19.1 Å². The highest BCUT2D eigenvalue weighted by Gasteiger charge is 2.19. The number of nitrogens with zero attached hydrogens (tertiary/aromatic N) is 2. The van der Waals surface area contributed by atoms with Gasteiger partial charge in [-0.25, -0.2) is 4.79 Å². The van der Waals surface area contributed by atoms with Gasteiger partial charge < -0.3 is 0 Å². The molecule has 14 heavy (non-hydrogen) atoms. The molecule has 6 heteroatoms. The third-order valence-corrected chi connectivity index (χ3v) is 2.10. The fourth-order valence-corrected chi connectivity index (χ4v) is 1.18. The molecule has 72 valence electrons. The van der Waals surface area contributed by atoms with E-state index in [9.17, 15) is 14.9 Å². The van der Waals surface area contributed by atoms with Crippen molar-refractivity contribution in [3.8, 4) is 0 Å². The average molecular weight is 213 g/mol. The van der Waals surface area contributed by atoms with Crippen LogP contribution in [0.25, 0.3) is 0 Å². The molecule has 0 aliphatic heterocycles. The Morgan fingerprint density at radius 3 is 2.71 bits per heavy atom. The Bertz CT molecular complexity index is 438. The molecule has 0 heterocycles. The van der Waals surface area contributed by atoms with Gasteiger partial charge in [0.25, 0.3) is 5.69 Å². The lowest BCUT2D eigenvalue weighted by Crippen LogP contribution is -1.92. The highest BCUT2D eigenvalue weighted by molar-refractivity contribution is 6.31. The predicted molar refractivity (Wildman–Crippen MR) is 50.6 cm³/mol. The Morgan fingerprint density at radius 1 is 1.57 bits per heavy atom. The number of halogens is 1. The number of nitro groups is 1. The van der Waals surface area contributed by atoms with Gasteiger partial charge in [0.15, 0.2) is 5.69 Å². The van der Waals surface area contributed by atoms with E-state index in [0.29, 0.717) is 0 Å². The van der Waals surface area contributed by atoms with Crippen LogP contribution in [0.15, 0.2) is 17.1 Å². The smallest absolute Gasteiger partial charge is 0.258 e. The Balaban J connectivity index is 3.52. The van der Waals surface area contributed by atoms with Gasteiger partial charge in [0.2, 0.25) is 6.08 Å². The Kier molecular flexibility index (Phi) is 2.96. The lowest BCUT2D eigenvalue weighted by molar-refractivity contribution is -0.384. The minimum Gasteiger partial charge on any atom is -0.258 e. The van der Waals surface area contributed by atoms with Crippen molar-refractivity contribution in [1.29, 1.82) is 0 Å². The molecule has 5 nitrogen and oxygen atoms in total. The van der Waals surface area contributed by atoms with Crippen molar-refractivity contribution in [1.82, 2.24) is 0 Å². The van der Waals surface area contributed by atoms with Crippen molar-refractivity contribution in [2.24, 2.45) is 4.99 Å². The molecule has 0 atom stereocenters. The Labute approximate surface area is 84.2 Å². The van der Waals surface area contributed by atoms with Gasteiger partial charge in [-0.15, -0.1) is 0 Å². The van der Waals surface area contributed by atoms with E-state index in [-0.39, 0.29) is 22.0 Å². The fourth-order valence-electron chi connectivity index (χ4n) is 1.03. The number of benzene rings is 1. The molecule has 0 saturated carbocycles. The monoisotopic (exact) mass is 212 g/mol. The summed E-state index contributed by atoms with van der Waals surface area (Å²) in [7, 11) is 0. The molecule has 1 rings (SSSR count). The summed E-state index contributed by atoms with van der Waals surface area (Å²) in [4.78, 5) is 23.2. The quantitative estimate of drug-likeness (QED) is 0.327. The second-order valence-electron chi connectivity index (χ2n) is 2.50. The average Bonchev–Trinajstić information content (AvgIpc) is 2.11. The standard InChI is InChI=1S/C8H5ClN2O3/c1-5-6(9)2-3-7(10-4-12)8(5)11(13)14/h2-3H,1H3. The van der Waals surface area contributed by atoms with Crippen LogP contribution < -0.4 is 0 Å². The van der Waals surface area contributed by atoms with E-state index < -0.39 is 4.92 Å². The molecule has 0 aromatic heterocycles. The zero-order chi connectivity index (χ0) is 10.7. The summed E-state index contributed by atoms with van der Waals surface area (Å²) in [5.41, 5.74) is -0.0130. The van der Waals surface area contributed by atoms with Crippen molar-refractivity contribution >= 4 is 29.1 Å². The highest BCUT2D eigenvalue weighted by atomic mass is 35.5. The van der Waals surface area contributed by atoms with E-state index in [1.165, 1.54) is 25.1 Å². The summed E-state index contributed by atoms with van der Waals surface area (Å²) in [5, 5.41) is 10.9. The molecule has 1 aromatic carbocycles. The first-order valence-electron chi connectivity index (χ1n) is 3.59. The van der Waals surface area contributed by atoms with Crippen molar-refractivity contribution in [2.45, 2.75) is 6.92 Å². The maximum absolute atomic E-state index is 10.6. The van der Waals surface area contributed by atoms with Crippen LogP contribution in [0.3, 0.4) is 0 Å². The lowest BCUT2D eigenvalue weighted by atomic mass is 10.2. The van der Waals surface area contributed by atoms with Crippen molar-refractivity contribution in [2.75, 3.05) is 0 Å². The van der Waals surface area contributed by atoms with E-state index in [4.69, 9.17) is 11.6 Å².